The number of nitrogens with one attached hydrogen (secondary N) is 3. The highest BCUT2D eigenvalue weighted by Gasteiger charge is 2.39. The van der Waals surface area contributed by atoms with Gasteiger partial charge in [0.15, 0.2) is 11.0 Å². The molecule has 0 unspecified atom stereocenters. The highest BCUT2D eigenvalue weighted by atomic mass is 32.2. The molecule has 0 radical (unpaired) electrons. The summed E-state index contributed by atoms with van der Waals surface area (Å²) in [6.45, 7) is 8.22. The lowest BCUT2D eigenvalue weighted by atomic mass is 9.78. The van der Waals surface area contributed by atoms with Gasteiger partial charge in [0.2, 0.25) is 5.91 Å². The van der Waals surface area contributed by atoms with E-state index in [0.29, 0.717) is 17.0 Å². The molecule has 1 aromatic carbocycles. The zero-order valence-corrected chi connectivity index (χ0v) is 22.0. The third-order valence-electron chi connectivity index (χ3n) is 7.10. The number of carbonyl (C=O) groups is 1. The van der Waals surface area contributed by atoms with Crippen LogP contribution in [0.3, 0.4) is 0 Å². The van der Waals surface area contributed by atoms with Crippen LogP contribution >= 0.6 is 11.8 Å². The van der Waals surface area contributed by atoms with E-state index in [0.717, 1.165) is 46.8 Å². The summed E-state index contributed by atoms with van der Waals surface area (Å²) in [5.74, 6) is 2.40. The van der Waals surface area contributed by atoms with E-state index in [2.05, 4.69) is 37.7 Å². The predicted octanol–water partition coefficient (Wildman–Crippen LogP) is 4.92. The molecule has 2 aromatic heterocycles. The third-order valence-corrected chi connectivity index (χ3v) is 7.97. The molecule has 4 heterocycles. The van der Waals surface area contributed by atoms with Crippen molar-refractivity contribution in [2.75, 3.05) is 48.8 Å². The molecule has 2 aliphatic rings. The van der Waals surface area contributed by atoms with Gasteiger partial charge in [-0.15, -0.1) is 0 Å². The number of likely N-dealkylation sites (tertiary alicyclic amines) is 1. The van der Waals surface area contributed by atoms with Crippen molar-refractivity contribution in [2.45, 2.75) is 49.6 Å². The second-order valence-corrected chi connectivity index (χ2v) is 11.0. The Balaban J connectivity index is 0.00000320. The van der Waals surface area contributed by atoms with Crippen LogP contribution in [0.1, 0.15) is 39.7 Å². The summed E-state index contributed by atoms with van der Waals surface area (Å²) >= 11 is 1.51. The Morgan fingerprint density at radius 2 is 1.86 bits per heavy atom. The van der Waals surface area contributed by atoms with Crippen LogP contribution in [0.4, 0.5) is 23.1 Å². The van der Waals surface area contributed by atoms with E-state index in [-0.39, 0.29) is 7.33 Å². The van der Waals surface area contributed by atoms with E-state index >= 15 is 0 Å². The summed E-state index contributed by atoms with van der Waals surface area (Å²) < 4.78 is 0. The molecular formula is C26H36N8OS. The van der Waals surface area contributed by atoms with Crippen molar-refractivity contribution in [1.29, 1.82) is 0 Å². The molecule has 1 spiro atoms. The fourth-order valence-electron chi connectivity index (χ4n) is 5.04. The molecule has 2 fully saturated rings. The van der Waals surface area contributed by atoms with Gasteiger partial charge in [0.05, 0.1) is 0 Å². The third kappa shape index (κ3) is 5.82. The SMILES string of the molecule is CCC(=O)Nc1ccc(Sc2nc(Nc3cc(C)[nH]n3)cc(N3CCC4(CCN(C)C4)CC3)n2)cc1.[HH]. The van der Waals surface area contributed by atoms with Crippen LogP contribution < -0.4 is 15.5 Å². The quantitative estimate of drug-likeness (QED) is 0.387. The fraction of sp³-hybridized carbons (Fsp3) is 0.462. The van der Waals surface area contributed by atoms with Gasteiger partial charge in [-0.25, -0.2) is 9.97 Å². The lowest BCUT2D eigenvalue weighted by Crippen LogP contribution is -2.41. The summed E-state index contributed by atoms with van der Waals surface area (Å²) in [6.07, 6.45) is 4.13. The van der Waals surface area contributed by atoms with Crippen molar-refractivity contribution in [3.63, 3.8) is 0 Å². The molecule has 36 heavy (non-hydrogen) atoms. The minimum absolute atomic E-state index is 0. The molecule has 1 amide bonds. The molecule has 0 saturated carbocycles. The van der Waals surface area contributed by atoms with Crippen molar-refractivity contribution in [3.05, 3.63) is 42.1 Å². The van der Waals surface area contributed by atoms with E-state index in [9.17, 15) is 4.79 Å². The van der Waals surface area contributed by atoms with Gasteiger partial charge in [0, 0.05) is 55.9 Å². The number of nitrogens with zero attached hydrogens (tertiary/aromatic N) is 5. The first-order chi connectivity index (χ1) is 17.4. The maximum absolute atomic E-state index is 11.7. The number of benzene rings is 1. The normalized spacial score (nSPS) is 17.5. The molecule has 3 N–H and O–H groups in total. The Labute approximate surface area is 218 Å². The Morgan fingerprint density at radius 1 is 1.11 bits per heavy atom. The average Bonchev–Trinajstić information content (AvgIpc) is 3.45. The van der Waals surface area contributed by atoms with Crippen molar-refractivity contribution < 1.29 is 6.22 Å². The number of carbonyl (C=O) groups excluding carboxylic acids is 1. The van der Waals surface area contributed by atoms with Crippen molar-refractivity contribution in [2.24, 2.45) is 5.41 Å². The smallest absolute Gasteiger partial charge is 0.224 e. The van der Waals surface area contributed by atoms with Crippen LogP contribution in [-0.2, 0) is 4.79 Å². The standard InChI is InChI=1S/C26H34N8OS.H2/c1-4-24(35)27-19-5-7-20(8-6-19)36-25-29-21(28-22-15-18(2)31-32-22)16-23(30-25)34-13-10-26(11-14-34)9-12-33(3)17-26;/h5-8,15-16H,4,9-14,17H2,1-3H3,(H,27,35)(H2,28,29,30,31,32);1H. The number of amides is 1. The number of aromatic amines is 1. The van der Waals surface area contributed by atoms with E-state index in [1.807, 2.05) is 50.2 Å². The highest BCUT2D eigenvalue weighted by Crippen LogP contribution is 2.41. The minimum atomic E-state index is 0. The molecule has 0 atom stereocenters. The lowest BCUT2D eigenvalue weighted by molar-refractivity contribution is -0.115. The monoisotopic (exact) mass is 508 g/mol. The zero-order valence-electron chi connectivity index (χ0n) is 21.2. The van der Waals surface area contributed by atoms with Gasteiger partial charge in [0.25, 0.3) is 0 Å². The van der Waals surface area contributed by atoms with Crippen molar-refractivity contribution >= 4 is 40.8 Å². The summed E-state index contributed by atoms with van der Waals surface area (Å²) in [4.78, 5) is 27.3. The first-order valence-corrected chi connectivity index (χ1v) is 13.4. The van der Waals surface area contributed by atoms with Crippen LogP contribution in [0.25, 0.3) is 0 Å². The molecule has 0 aliphatic carbocycles. The number of hydrogen-bond donors (Lipinski definition) is 3. The van der Waals surface area contributed by atoms with Gasteiger partial charge in [-0.05, 0) is 81.2 Å². The van der Waals surface area contributed by atoms with Crippen LogP contribution in [0.5, 0.6) is 0 Å². The molecule has 9 nitrogen and oxygen atoms in total. The average molecular weight is 509 g/mol. The molecular weight excluding hydrogens is 472 g/mol. The van der Waals surface area contributed by atoms with E-state index in [1.165, 1.54) is 44.1 Å². The Kier molecular flexibility index (Phi) is 7.15. The van der Waals surface area contributed by atoms with Gasteiger partial charge in [-0.3, -0.25) is 9.89 Å². The van der Waals surface area contributed by atoms with Gasteiger partial charge in [-0.1, -0.05) is 6.92 Å². The lowest BCUT2D eigenvalue weighted by Gasteiger charge is -2.39. The van der Waals surface area contributed by atoms with E-state index in [4.69, 9.17) is 9.97 Å². The van der Waals surface area contributed by atoms with Crippen LogP contribution in [0.15, 0.2) is 46.5 Å². The van der Waals surface area contributed by atoms with Crippen molar-refractivity contribution in [1.82, 2.24) is 25.1 Å². The molecule has 192 valence electrons. The number of anilines is 4. The van der Waals surface area contributed by atoms with E-state index < -0.39 is 0 Å². The number of hydrogen-bond acceptors (Lipinski definition) is 8. The minimum Gasteiger partial charge on any atom is -0.356 e. The number of aryl methyl sites for hydroxylation is 1. The Morgan fingerprint density at radius 3 is 2.50 bits per heavy atom. The number of aromatic nitrogens is 4. The number of H-pyrrole nitrogens is 1. The molecule has 3 aromatic rings. The van der Waals surface area contributed by atoms with Gasteiger partial charge >= 0.3 is 0 Å². The number of rotatable bonds is 7. The fourth-order valence-corrected chi connectivity index (χ4v) is 5.80. The van der Waals surface area contributed by atoms with E-state index in [1.54, 1.807) is 0 Å². The predicted molar refractivity (Wildman–Crippen MR) is 146 cm³/mol. The van der Waals surface area contributed by atoms with Gasteiger partial charge < -0.3 is 20.4 Å². The molecule has 0 bridgehead atoms. The summed E-state index contributed by atoms with van der Waals surface area (Å²) in [5, 5.41) is 14.2. The molecule has 2 saturated heterocycles. The molecule has 10 heteroatoms. The first-order valence-electron chi connectivity index (χ1n) is 12.6. The summed E-state index contributed by atoms with van der Waals surface area (Å²) in [6, 6.07) is 11.8. The van der Waals surface area contributed by atoms with Crippen molar-refractivity contribution in [3.8, 4) is 0 Å². The Hall–Kier alpha value is -3.11. The van der Waals surface area contributed by atoms with Crippen LogP contribution in [0, 0.1) is 12.3 Å². The molecule has 2 aliphatic heterocycles. The summed E-state index contributed by atoms with van der Waals surface area (Å²) in [5.41, 5.74) is 2.23. The van der Waals surface area contributed by atoms with Crippen LogP contribution in [0.2, 0.25) is 0 Å². The van der Waals surface area contributed by atoms with Gasteiger partial charge in [0.1, 0.15) is 11.6 Å². The summed E-state index contributed by atoms with van der Waals surface area (Å²) in [7, 11) is 2.23. The second-order valence-electron chi connectivity index (χ2n) is 9.96. The number of piperidine rings is 1. The maximum Gasteiger partial charge on any atom is 0.224 e. The largest absolute Gasteiger partial charge is 0.356 e. The molecule has 5 rings (SSSR count). The Bertz CT molecular complexity index is 1210. The second kappa shape index (κ2) is 10.5. The van der Waals surface area contributed by atoms with Crippen LogP contribution in [-0.4, -0.2) is 64.2 Å². The maximum atomic E-state index is 11.7. The highest BCUT2D eigenvalue weighted by molar-refractivity contribution is 7.99. The topological polar surface area (TPSA) is 102 Å². The first kappa shape index (κ1) is 24.6. The van der Waals surface area contributed by atoms with Gasteiger partial charge in [-0.2, -0.15) is 5.10 Å². The zero-order chi connectivity index (χ0) is 25.1.